The highest BCUT2D eigenvalue weighted by Gasteiger charge is 2.26. The summed E-state index contributed by atoms with van der Waals surface area (Å²) in [6.07, 6.45) is 2.50. The molecule has 0 radical (unpaired) electrons. The van der Waals surface area contributed by atoms with Crippen LogP contribution in [0, 0.1) is 11.8 Å². The Hall–Kier alpha value is -1.06. The fourth-order valence-corrected chi connectivity index (χ4v) is 1.95. The zero-order valence-electron chi connectivity index (χ0n) is 12.2. The molecule has 106 valence electrons. The van der Waals surface area contributed by atoms with Gasteiger partial charge in [-0.3, -0.25) is 9.59 Å². The Morgan fingerprint density at radius 1 is 1.28 bits per heavy atom. The Balaban J connectivity index is 4.36. The van der Waals surface area contributed by atoms with E-state index in [1.165, 1.54) is 0 Å². The highest BCUT2D eigenvalue weighted by molar-refractivity contribution is 5.78. The zero-order chi connectivity index (χ0) is 14.3. The van der Waals surface area contributed by atoms with Crippen LogP contribution < -0.4 is 0 Å². The predicted octanol–water partition coefficient (Wildman–Crippen LogP) is 3.25. The third kappa shape index (κ3) is 8.09. The average molecular weight is 258 g/mol. The van der Waals surface area contributed by atoms with Gasteiger partial charge in [-0.25, -0.2) is 0 Å². The van der Waals surface area contributed by atoms with E-state index in [1.807, 2.05) is 6.92 Å². The van der Waals surface area contributed by atoms with E-state index in [9.17, 15) is 9.59 Å². The number of carboxylic acid groups (broad SMARTS) is 1. The van der Waals surface area contributed by atoms with Crippen molar-refractivity contribution in [3.8, 4) is 0 Å². The molecule has 0 saturated carbocycles. The van der Waals surface area contributed by atoms with E-state index in [4.69, 9.17) is 9.84 Å². The number of carbonyl (C=O) groups excluding carboxylic acids is 1. The van der Waals surface area contributed by atoms with Gasteiger partial charge in [-0.1, -0.05) is 26.7 Å². The van der Waals surface area contributed by atoms with Crippen LogP contribution in [0.4, 0.5) is 0 Å². The lowest BCUT2D eigenvalue weighted by Gasteiger charge is -2.22. The zero-order valence-corrected chi connectivity index (χ0v) is 12.2. The van der Waals surface area contributed by atoms with Crippen molar-refractivity contribution in [2.45, 2.75) is 65.9 Å². The van der Waals surface area contributed by atoms with E-state index in [0.29, 0.717) is 12.3 Å². The maximum absolute atomic E-state index is 11.6. The third-order valence-corrected chi connectivity index (χ3v) is 2.65. The summed E-state index contributed by atoms with van der Waals surface area (Å²) in [6, 6.07) is 0. The Morgan fingerprint density at radius 2 is 1.83 bits per heavy atom. The van der Waals surface area contributed by atoms with Crippen molar-refractivity contribution in [3.05, 3.63) is 0 Å². The summed E-state index contributed by atoms with van der Waals surface area (Å²) >= 11 is 0. The van der Waals surface area contributed by atoms with Crippen LogP contribution >= 0.6 is 0 Å². The minimum atomic E-state index is -0.913. The smallest absolute Gasteiger partial charge is 0.307 e. The Kier molecular flexibility index (Phi) is 6.96. The van der Waals surface area contributed by atoms with Crippen LogP contribution in [-0.2, 0) is 14.3 Å². The Morgan fingerprint density at radius 3 is 2.22 bits per heavy atom. The van der Waals surface area contributed by atoms with Gasteiger partial charge in [0.1, 0.15) is 5.60 Å². The first-order valence-corrected chi connectivity index (χ1v) is 6.60. The summed E-state index contributed by atoms with van der Waals surface area (Å²) in [5.74, 6) is -1.66. The molecule has 0 aromatic heterocycles. The summed E-state index contributed by atoms with van der Waals surface area (Å²) < 4.78 is 5.16. The van der Waals surface area contributed by atoms with Crippen molar-refractivity contribution in [3.63, 3.8) is 0 Å². The molecule has 2 atom stereocenters. The fraction of sp³-hybridized carbons (Fsp3) is 0.857. The van der Waals surface area contributed by atoms with Gasteiger partial charge in [0, 0.05) is 0 Å². The largest absolute Gasteiger partial charge is 0.481 e. The first kappa shape index (κ1) is 16.9. The molecule has 4 nitrogen and oxygen atoms in total. The number of rotatable bonds is 7. The molecule has 0 saturated heterocycles. The van der Waals surface area contributed by atoms with E-state index < -0.39 is 23.5 Å². The lowest BCUT2D eigenvalue weighted by atomic mass is 9.90. The lowest BCUT2D eigenvalue weighted by Crippen LogP contribution is -2.28. The van der Waals surface area contributed by atoms with Crippen LogP contribution in [-0.4, -0.2) is 22.6 Å². The quantitative estimate of drug-likeness (QED) is 0.712. The molecule has 0 aliphatic rings. The van der Waals surface area contributed by atoms with Gasteiger partial charge >= 0.3 is 11.9 Å². The molecule has 0 amide bonds. The van der Waals surface area contributed by atoms with Gasteiger partial charge in [0.2, 0.25) is 0 Å². The van der Waals surface area contributed by atoms with Crippen LogP contribution in [0.2, 0.25) is 0 Å². The first-order chi connectivity index (χ1) is 8.15. The second kappa shape index (κ2) is 7.39. The van der Waals surface area contributed by atoms with E-state index in [-0.39, 0.29) is 6.42 Å². The van der Waals surface area contributed by atoms with Crippen molar-refractivity contribution < 1.29 is 19.4 Å². The van der Waals surface area contributed by atoms with Gasteiger partial charge in [-0.2, -0.15) is 0 Å². The summed E-state index contributed by atoms with van der Waals surface area (Å²) in [5.41, 5.74) is -0.560. The lowest BCUT2D eigenvalue weighted by molar-refractivity contribution is -0.160. The van der Waals surface area contributed by atoms with Crippen molar-refractivity contribution in [1.29, 1.82) is 0 Å². The monoisotopic (exact) mass is 258 g/mol. The highest BCUT2D eigenvalue weighted by atomic mass is 16.6. The fourth-order valence-electron chi connectivity index (χ4n) is 1.95. The predicted molar refractivity (Wildman–Crippen MR) is 70.3 cm³/mol. The topological polar surface area (TPSA) is 63.6 Å². The molecule has 0 aromatic carbocycles. The highest BCUT2D eigenvalue weighted by Crippen LogP contribution is 2.21. The van der Waals surface area contributed by atoms with Gasteiger partial charge in [-0.05, 0) is 33.1 Å². The van der Waals surface area contributed by atoms with Crippen LogP contribution in [0.25, 0.3) is 0 Å². The van der Waals surface area contributed by atoms with Gasteiger partial charge in [0.05, 0.1) is 12.3 Å². The molecule has 4 heteroatoms. The van der Waals surface area contributed by atoms with Gasteiger partial charge in [0.25, 0.3) is 0 Å². The standard InChI is InChI=1S/C14H26O4/c1-6-7-10(2)8-11(13(16)17)9-12(15)18-14(3,4)5/h10-11H,6-9H2,1-5H3,(H,16,17)/t10-,11?/m1/s1. The van der Waals surface area contributed by atoms with E-state index in [0.717, 1.165) is 12.8 Å². The number of carboxylic acids is 1. The molecule has 0 aromatic rings. The molecular formula is C14H26O4. The Bertz CT molecular complexity index is 278. The van der Waals surface area contributed by atoms with Crippen LogP contribution in [0.3, 0.4) is 0 Å². The molecule has 0 rings (SSSR count). The van der Waals surface area contributed by atoms with E-state index in [1.54, 1.807) is 20.8 Å². The number of carbonyl (C=O) groups is 2. The van der Waals surface area contributed by atoms with Crippen LogP contribution in [0.15, 0.2) is 0 Å². The normalized spacial score (nSPS) is 14.9. The third-order valence-electron chi connectivity index (χ3n) is 2.65. The molecule has 0 aliphatic carbocycles. The molecule has 0 aliphatic heterocycles. The van der Waals surface area contributed by atoms with Crippen LogP contribution in [0.5, 0.6) is 0 Å². The van der Waals surface area contributed by atoms with Crippen molar-refractivity contribution >= 4 is 11.9 Å². The number of aliphatic carboxylic acids is 1. The maximum Gasteiger partial charge on any atom is 0.307 e. The maximum atomic E-state index is 11.6. The first-order valence-electron chi connectivity index (χ1n) is 6.60. The minimum absolute atomic E-state index is 0.0410. The van der Waals surface area contributed by atoms with Gasteiger partial charge in [0.15, 0.2) is 0 Å². The molecule has 0 bridgehead atoms. The number of hydrogen-bond donors (Lipinski definition) is 1. The SMILES string of the molecule is CCC[C@@H](C)CC(CC(=O)OC(C)(C)C)C(=O)O. The molecule has 0 fully saturated rings. The average Bonchev–Trinajstić information content (AvgIpc) is 2.13. The number of hydrogen-bond acceptors (Lipinski definition) is 3. The van der Waals surface area contributed by atoms with Crippen molar-refractivity contribution in [2.75, 3.05) is 0 Å². The van der Waals surface area contributed by atoms with Gasteiger partial charge < -0.3 is 9.84 Å². The van der Waals surface area contributed by atoms with Gasteiger partial charge in [-0.15, -0.1) is 0 Å². The number of esters is 1. The Labute approximate surface area is 110 Å². The van der Waals surface area contributed by atoms with E-state index >= 15 is 0 Å². The molecule has 0 spiro atoms. The summed E-state index contributed by atoms with van der Waals surface area (Å²) in [6.45, 7) is 9.43. The van der Waals surface area contributed by atoms with Crippen LogP contribution in [0.1, 0.15) is 60.3 Å². The van der Waals surface area contributed by atoms with Crippen molar-refractivity contribution in [2.24, 2.45) is 11.8 Å². The molecule has 18 heavy (non-hydrogen) atoms. The minimum Gasteiger partial charge on any atom is -0.481 e. The molecule has 1 N–H and O–H groups in total. The molecular weight excluding hydrogens is 232 g/mol. The second-order valence-electron chi connectivity index (χ2n) is 5.96. The summed E-state index contributed by atoms with van der Waals surface area (Å²) in [7, 11) is 0. The van der Waals surface area contributed by atoms with Crippen molar-refractivity contribution in [1.82, 2.24) is 0 Å². The summed E-state index contributed by atoms with van der Waals surface area (Å²) in [4.78, 5) is 22.8. The van der Waals surface area contributed by atoms with E-state index in [2.05, 4.69) is 6.92 Å². The molecule has 0 heterocycles. The second-order valence-corrected chi connectivity index (χ2v) is 5.96. The summed E-state index contributed by atoms with van der Waals surface area (Å²) in [5, 5.41) is 9.13. The number of ether oxygens (including phenoxy) is 1. The molecule has 1 unspecified atom stereocenters.